The molecule has 0 spiro atoms. The van der Waals surface area contributed by atoms with Crippen molar-refractivity contribution >= 4 is 39.2 Å². The number of halogens is 2. The Bertz CT molecular complexity index is 384. The second-order valence-corrected chi connectivity index (χ2v) is 9.51. The van der Waals surface area contributed by atoms with Gasteiger partial charge in [0.25, 0.3) is 0 Å². The van der Waals surface area contributed by atoms with Crippen molar-refractivity contribution in [2.45, 2.75) is 0 Å². The fourth-order valence-corrected chi connectivity index (χ4v) is 4.45. The number of hydrogen-bond donors (Lipinski definition) is 0. The third-order valence-corrected chi connectivity index (χ3v) is 6.95. The molecule has 0 aromatic heterocycles. The Balaban J connectivity index is 2.44. The molecular formula is C12H9Cl2Si. The van der Waals surface area contributed by atoms with Crippen LogP contribution in [0.2, 0.25) is 0 Å². The van der Waals surface area contributed by atoms with Crippen LogP contribution >= 0.6 is 22.2 Å². The molecule has 0 fully saturated rings. The van der Waals surface area contributed by atoms with Crippen molar-refractivity contribution < 1.29 is 0 Å². The lowest BCUT2D eigenvalue weighted by atomic mass is 10.4. The van der Waals surface area contributed by atoms with Gasteiger partial charge in [0.05, 0.1) is 0 Å². The summed E-state index contributed by atoms with van der Waals surface area (Å²) in [6, 6.07) is 20.3. The summed E-state index contributed by atoms with van der Waals surface area (Å²) in [5.74, 6) is 0. The third kappa shape index (κ3) is 2.25. The molecule has 75 valence electrons. The molecule has 0 aliphatic heterocycles. The fraction of sp³-hybridized carbons (Fsp3) is 0. The van der Waals surface area contributed by atoms with Gasteiger partial charge in [0.2, 0.25) is 0 Å². The maximum atomic E-state index is 6.48. The van der Waals surface area contributed by atoms with Crippen molar-refractivity contribution in [1.29, 1.82) is 0 Å². The molecule has 0 unspecified atom stereocenters. The average molecular weight is 252 g/mol. The quantitative estimate of drug-likeness (QED) is 0.569. The largest absolute Gasteiger partial charge is 0.310 e. The van der Waals surface area contributed by atoms with Gasteiger partial charge in [-0.1, -0.05) is 54.6 Å². The molecule has 0 bridgehead atoms. The first-order valence-electron chi connectivity index (χ1n) is 4.61. The summed E-state index contributed by atoms with van der Waals surface area (Å²) in [5.41, 5.74) is 0. The number of hydrogen-bond acceptors (Lipinski definition) is 0. The van der Waals surface area contributed by atoms with Gasteiger partial charge in [-0.15, -0.1) is 22.2 Å². The van der Waals surface area contributed by atoms with Crippen molar-refractivity contribution in [2.75, 3.05) is 0 Å². The lowest BCUT2D eigenvalue weighted by Crippen LogP contribution is -2.48. The minimum absolute atomic E-state index is 0.996. The monoisotopic (exact) mass is 251 g/mol. The van der Waals surface area contributed by atoms with E-state index in [1.807, 2.05) is 54.6 Å². The average Bonchev–Trinajstić information content (AvgIpc) is 2.31. The highest BCUT2D eigenvalue weighted by Crippen LogP contribution is 2.14. The van der Waals surface area contributed by atoms with E-state index >= 15 is 0 Å². The molecule has 0 heterocycles. The van der Waals surface area contributed by atoms with E-state index in [1.165, 1.54) is 0 Å². The van der Waals surface area contributed by atoms with Gasteiger partial charge in [0.15, 0.2) is 0 Å². The molecule has 0 aliphatic carbocycles. The predicted octanol–water partition coefficient (Wildman–Crippen LogP) is 2.52. The molecule has 3 heteroatoms. The van der Waals surface area contributed by atoms with Gasteiger partial charge in [-0.25, -0.2) is 0 Å². The minimum atomic E-state index is -2.53. The van der Waals surface area contributed by atoms with Gasteiger partial charge >= 0.3 is 6.69 Å². The van der Waals surface area contributed by atoms with E-state index in [2.05, 4.69) is 6.07 Å². The summed E-state index contributed by atoms with van der Waals surface area (Å²) in [6.45, 7) is -2.53. The van der Waals surface area contributed by atoms with Gasteiger partial charge in [-0.05, 0) is 16.4 Å². The smallest absolute Gasteiger partial charge is 0.134 e. The molecular weight excluding hydrogens is 243 g/mol. The highest BCUT2D eigenvalue weighted by Gasteiger charge is 2.32. The zero-order valence-corrected chi connectivity index (χ0v) is 10.5. The van der Waals surface area contributed by atoms with Gasteiger partial charge in [-0.3, -0.25) is 0 Å². The summed E-state index contributed by atoms with van der Waals surface area (Å²) < 4.78 is 0. The maximum absolute atomic E-state index is 6.48. The first-order chi connectivity index (χ1) is 7.21. The molecule has 2 aromatic rings. The van der Waals surface area contributed by atoms with Crippen LogP contribution in [0.15, 0.2) is 54.6 Å². The summed E-state index contributed by atoms with van der Waals surface area (Å²) >= 11 is 13.0. The second kappa shape index (κ2) is 4.39. The van der Waals surface area contributed by atoms with Crippen molar-refractivity contribution in [2.24, 2.45) is 0 Å². The van der Waals surface area contributed by atoms with E-state index in [0.717, 1.165) is 10.4 Å². The van der Waals surface area contributed by atoms with Gasteiger partial charge in [0, 0.05) is 0 Å². The zero-order chi connectivity index (χ0) is 10.7. The van der Waals surface area contributed by atoms with Gasteiger partial charge in [0.1, 0.15) is 0 Å². The van der Waals surface area contributed by atoms with E-state index in [1.54, 1.807) is 0 Å². The first kappa shape index (κ1) is 10.7. The number of benzene rings is 2. The molecule has 0 atom stereocenters. The van der Waals surface area contributed by atoms with Gasteiger partial charge < -0.3 is 0 Å². The standard InChI is InChI=1S/C12H9Cl2Si/c13-15(14,11-7-3-1-4-8-11)12-9-5-2-6-10-12/h1,3-10H. The molecule has 15 heavy (non-hydrogen) atoms. The van der Waals surface area contributed by atoms with Crippen LogP contribution in [-0.2, 0) is 0 Å². The Kier molecular flexibility index (Phi) is 3.15. The summed E-state index contributed by atoms with van der Waals surface area (Å²) in [5, 5.41) is 2.01. The Morgan fingerprint density at radius 1 is 0.800 bits per heavy atom. The molecule has 0 N–H and O–H groups in total. The first-order valence-corrected chi connectivity index (χ1v) is 8.63. The lowest BCUT2D eigenvalue weighted by molar-refractivity contribution is 1.73. The molecule has 0 amide bonds. The minimum Gasteiger partial charge on any atom is -0.134 e. The maximum Gasteiger partial charge on any atom is 0.310 e. The van der Waals surface area contributed by atoms with Crippen LogP contribution in [0, 0.1) is 6.07 Å². The van der Waals surface area contributed by atoms with Crippen LogP contribution < -0.4 is 10.4 Å². The molecule has 2 aromatic carbocycles. The van der Waals surface area contributed by atoms with Crippen molar-refractivity contribution in [3.63, 3.8) is 0 Å². The van der Waals surface area contributed by atoms with E-state index in [-0.39, 0.29) is 0 Å². The summed E-state index contributed by atoms with van der Waals surface area (Å²) in [6.07, 6.45) is 0. The van der Waals surface area contributed by atoms with Crippen molar-refractivity contribution in [3.05, 3.63) is 60.7 Å². The fourth-order valence-electron chi connectivity index (χ4n) is 1.41. The second-order valence-electron chi connectivity index (χ2n) is 3.23. The lowest BCUT2D eigenvalue weighted by Gasteiger charge is -2.17. The molecule has 0 aliphatic rings. The predicted molar refractivity (Wildman–Crippen MR) is 68.4 cm³/mol. The molecule has 0 nitrogen and oxygen atoms in total. The Hall–Kier alpha value is -0.763. The Labute approximate surface area is 99.9 Å². The molecule has 0 saturated heterocycles. The van der Waals surface area contributed by atoms with Gasteiger partial charge in [-0.2, -0.15) is 0 Å². The van der Waals surface area contributed by atoms with E-state index < -0.39 is 6.69 Å². The normalized spacial score (nSPS) is 11.3. The van der Waals surface area contributed by atoms with Crippen molar-refractivity contribution in [1.82, 2.24) is 0 Å². The molecule has 1 radical (unpaired) electrons. The highest BCUT2D eigenvalue weighted by atomic mass is 35.7. The van der Waals surface area contributed by atoms with Crippen LogP contribution in [0.4, 0.5) is 0 Å². The van der Waals surface area contributed by atoms with Crippen LogP contribution in [0.5, 0.6) is 0 Å². The Morgan fingerprint density at radius 3 is 1.93 bits per heavy atom. The van der Waals surface area contributed by atoms with Crippen LogP contribution in [0.25, 0.3) is 0 Å². The number of rotatable bonds is 2. The zero-order valence-electron chi connectivity index (χ0n) is 7.95. The third-order valence-electron chi connectivity index (χ3n) is 2.22. The van der Waals surface area contributed by atoms with Crippen LogP contribution in [-0.4, -0.2) is 6.69 Å². The summed E-state index contributed by atoms with van der Waals surface area (Å²) in [4.78, 5) is 0. The molecule has 0 saturated carbocycles. The molecule has 2 rings (SSSR count). The summed E-state index contributed by atoms with van der Waals surface area (Å²) in [7, 11) is 0. The SMILES string of the molecule is Cl[Si](Cl)(c1cc[c]cc1)c1ccccc1. The topological polar surface area (TPSA) is 0 Å². The van der Waals surface area contributed by atoms with Crippen molar-refractivity contribution in [3.8, 4) is 0 Å². The van der Waals surface area contributed by atoms with E-state index in [0.29, 0.717) is 0 Å². The van der Waals surface area contributed by atoms with Crippen LogP contribution in [0.1, 0.15) is 0 Å². The van der Waals surface area contributed by atoms with Crippen LogP contribution in [0.3, 0.4) is 0 Å². The van der Waals surface area contributed by atoms with E-state index in [9.17, 15) is 0 Å². The Morgan fingerprint density at radius 2 is 1.33 bits per heavy atom. The highest BCUT2D eigenvalue weighted by molar-refractivity contribution is 7.56. The van der Waals surface area contributed by atoms with E-state index in [4.69, 9.17) is 22.2 Å².